The van der Waals surface area contributed by atoms with Crippen molar-refractivity contribution in [1.82, 2.24) is 15.0 Å². The molecule has 1 aromatic carbocycles. The number of aromatic nitrogens is 3. The Morgan fingerprint density at radius 3 is 2.94 bits per heavy atom. The molecule has 6 heteroatoms. The van der Waals surface area contributed by atoms with Gasteiger partial charge in [0.05, 0.1) is 12.2 Å². The summed E-state index contributed by atoms with van der Waals surface area (Å²) in [5.74, 6) is -0.342. The zero-order valence-electron chi connectivity index (χ0n) is 9.81. The molecule has 0 saturated carbocycles. The first-order valence-corrected chi connectivity index (χ1v) is 6.10. The van der Waals surface area contributed by atoms with Crippen molar-refractivity contribution in [3.05, 3.63) is 46.5 Å². The Morgan fingerprint density at radius 2 is 2.22 bits per heavy atom. The van der Waals surface area contributed by atoms with Crippen molar-refractivity contribution in [2.24, 2.45) is 5.73 Å². The van der Waals surface area contributed by atoms with Gasteiger partial charge in [0.1, 0.15) is 5.82 Å². The quantitative estimate of drug-likeness (QED) is 0.902. The van der Waals surface area contributed by atoms with Gasteiger partial charge in [-0.2, -0.15) is 0 Å². The van der Waals surface area contributed by atoms with Gasteiger partial charge in [-0.1, -0.05) is 22.9 Å². The number of nitrogens with zero attached hydrogens (tertiary/aromatic N) is 3. The molecule has 0 aliphatic heterocycles. The summed E-state index contributed by atoms with van der Waals surface area (Å²) in [6.07, 6.45) is 3.55. The molecule has 2 aromatic rings. The van der Waals surface area contributed by atoms with Crippen molar-refractivity contribution in [2.75, 3.05) is 6.54 Å². The molecule has 0 amide bonds. The van der Waals surface area contributed by atoms with Crippen LogP contribution in [-0.2, 0) is 13.0 Å². The molecule has 18 heavy (non-hydrogen) atoms. The van der Waals surface area contributed by atoms with E-state index in [-0.39, 0.29) is 5.82 Å². The van der Waals surface area contributed by atoms with Crippen LogP contribution in [0, 0.1) is 5.82 Å². The predicted molar refractivity (Wildman–Crippen MR) is 67.9 cm³/mol. The van der Waals surface area contributed by atoms with Crippen LogP contribution in [-0.4, -0.2) is 21.5 Å². The monoisotopic (exact) mass is 268 g/mol. The predicted octanol–water partition coefficient (Wildman–Crippen LogP) is 2.01. The number of rotatable bonds is 5. The van der Waals surface area contributed by atoms with Crippen molar-refractivity contribution < 1.29 is 4.39 Å². The maximum absolute atomic E-state index is 12.9. The van der Waals surface area contributed by atoms with Crippen LogP contribution in [0.2, 0.25) is 5.02 Å². The molecule has 0 aliphatic rings. The van der Waals surface area contributed by atoms with Crippen molar-refractivity contribution in [3.8, 4) is 0 Å². The molecule has 2 N–H and O–H groups in total. The van der Waals surface area contributed by atoms with Gasteiger partial charge in [-0.3, -0.25) is 0 Å². The Bertz CT molecular complexity index is 527. The number of benzene rings is 1. The highest BCUT2D eigenvalue weighted by atomic mass is 35.5. The van der Waals surface area contributed by atoms with Gasteiger partial charge in [0.25, 0.3) is 0 Å². The van der Waals surface area contributed by atoms with Gasteiger partial charge in [-0.15, -0.1) is 5.10 Å². The molecular formula is C12H14ClFN4. The molecule has 4 nitrogen and oxygen atoms in total. The molecule has 0 radical (unpaired) electrons. The van der Waals surface area contributed by atoms with E-state index in [1.54, 1.807) is 10.7 Å². The highest BCUT2D eigenvalue weighted by Crippen LogP contribution is 2.18. The summed E-state index contributed by atoms with van der Waals surface area (Å²) in [4.78, 5) is 0. The maximum atomic E-state index is 12.9. The third-order valence-electron chi connectivity index (χ3n) is 2.57. The molecule has 0 spiro atoms. The van der Waals surface area contributed by atoms with Crippen molar-refractivity contribution in [2.45, 2.75) is 19.4 Å². The Balaban J connectivity index is 2.06. The standard InChI is InChI=1S/C12H14ClFN4/c13-12-6-10(14)4-3-9(12)7-18-8-11(16-17-18)2-1-5-15/h3-4,6,8H,1-2,5,7,15H2. The van der Waals surface area contributed by atoms with Crippen LogP contribution >= 0.6 is 11.6 Å². The van der Waals surface area contributed by atoms with Crippen LogP contribution in [0.5, 0.6) is 0 Å². The van der Waals surface area contributed by atoms with Gasteiger partial charge in [-0.05, 0) is 37.1 Å². The minimum absolute atomic E-state index is 0.342. The first kappa shape index (κ1) is 13.0. The van der Waals surface area contributed by atoms with E-state index in [9.17, 15) is 4.39 Å². The van der Waals surface area contributed by atoms with E-state index in [0.29, 0.717) is 18.1 Å². The summed E-state index contributed by atoms with van der Waals surface area (Å²) in [5, 5.41) is 8.44. The highest BCUT2D eigenvalue weighted by Gasteiger charge is 2.05. The first-order chi connectivity index (χ1) is 8.69. The van der Waals surface area contributed by atoms with E-state index >= 15 is 0 Å². The van der Waals surface area contributed by atoms with Crippen LogP contribution in [0.1, 0.15) is 17.7 Å². The van der Waals surface area contributed by atoms with Crippen molar-refractivity contribution in [3.63, 3.8) is 0 Å². The maximum Gasteiger partial charge on any atom is 0.124 e. The van der Waals surface area contributed by atoms with Gasteiger partial charge in [-0.25, -0.2) is 9.07 Å². The van der Waals surface area contributed by atoms with Crippen LogP contribution in [0.25, 0.3) is 0 Å². The van der Waals surface area contributed by atoms with Crippen LogP contribution in [0.4, 0.5) is 4.39 Å². The van der Waals surface area contributed by atoms with Crippen LogP contribution in [0.3, 0.4) is 0 Å². The largest absolute Gasteiger partial charge is 0.330 e. The number of nitrogens with two attached hydrogens (primary N) is 1. The smallest absolute Gasteiger partial charge is 0.124 e. The molecular weight excluding hydrogens is 255 g/mol. The Hall–Kier alpha value is -1.46. The van der Waals surface area contributed by atoms with Gasteiger partial charge in [0.2, 0.25) is 0 Å². The molecule has 0 aliphatic carbocycles. The molecule has 0 fully saturated rings. The lowest BCUT2D eigenvalue weighted by Crippen LogP contribution is -2.01. The molecule has 1 aromatic heterocycles. The Labute approximate surface area is 110 Å². The van der Waals surface area contributed by atoms with E-state index in [1.807, 2.05) is 6.20 Å². The summed E-state index contributed by atoms with van der Waals surface area (Å²) in [6.45, 7) is 1.12. The van der Waals surface area contributed by atoms with Crippen molar-refractivity contribution in [1.29, 1.82) is 0 Å². The van der Waals surface area contributed by atoms with E-state index < -0.39 is 0 Å². The van der Waals surface area contributed by atoms with Crippen LogP contribution < -0.4 is 5.73 Å². The van der Waals surface area contributed by atoms with Crippen LogP contribution in [0.15, 0.2) is 24.4 Å². The molecule has 0 unspecified atom stereocenters. The number of halogens is 2. The third kappa shape index (κ3) is 3.27. The van der Waals surface area contributed by atoms with Gasteiger partial charge in [0.15, 0.2) is 0 Å². The lowest BCUT2D eigenvalue weighted by atomic mass is 10.2. The van der Waals surface area contributed by atoms with Gasteiger partial charge >= 0.3 is 0 Å². The molecule has 96 valence electrons. The average Bonchev–Trinajstić information content (AvgIpc) is 2.78. The van der Waals surface area contributed by atoms with Crippen molar-refractivity contribution >= 4 is 11.6 Å². The zero-order valence-corrected chi connectivity index (χ0v) is 10.6. The second-order valence-corrected chi connectivity index (χ2v) is 4.44. The summed E-state index contributed by atoms with van der Waals surface area (Å²) >= 11 is 5.95. The fourth-order valence-corrected chi connectivity index (χ4v) is 1.86. The van der Waals surface area contributed by atoms with E-state index in [0.717, 1.165) is 24.1 Å². The zero-order chi connectivity index (χ0) is 13.0. The summed E-state index contributed by atoms with van der Waals surface area (Å²) in [6, 6.07) is 4.33. The highest BCUT2D eigenvalue weighted by molar-refractivity contribution is 6.31. The first-order valence-electron chi connectivity index (χ1n) is 5.72. The van der Waals surface area contributed by atoms with E-state index in [2.05, 4.69) is 10.3 Å². The summed E-state index contributed by atoms with van der Waals surface area (Å²) < 4.78 is 14.6. The molecule has 0 saturated heterocycles. The average molecular weight is 269 g/mol. The number of aryl methyl sites for hydroxylation is 1. The lowest BCUT2D eigenvalue weighted by molar-refractivity contribution is 0.621. The third-order valence-corrected chi connectivity index (χ3v) is 2.92. The fourth-order valence-electron chi connectivity index (χ4n) is 1.64. The Morgan fingerprint density at radius 1 is 1.39 bits per heavy atom. The topological polar surface area (TPSA) is 56.7 Å². The molecule has 0 atom stereocenters. The number of hydrogen-bond acceptors (Lipinski definition) is 3. The normalized spacial score (nSPS) is 10.8. The van der Waals surface area contributed by atoms with Gasteiger partial charge in [0, 0.05) is 11.2 Å². The molecule has 1 heterocycles. The van der Waals surface area contributed by atoms with E-state index in [4.69, 9.17) is 17.3 Å². The minimum atomic E-state index is -0.342. The minimum Gasteiger partial charge on any atom is -0.330 e. The second kappa shape index (κ2) is 5.93. The van der Waals surface area contributed by atoms with E-state index in [1.165, 1.54) is 12.1 Å². The SMILES string of the molecule is NCCCc1cn(Cc2ccc(F)cc2Cl)nn1. The summed E-state index contributed by atoms with van der Waals surface area (Å²) in [7, 11) is 0. The molecule has 2 rings (SSSR count). The van der Waals surface area contributed by atoms with Gasteiger partial charge < -0.3 is 5.73 Å². The number of hydrogen-bond donors (Lipinski definition) is 1. The summed E-state index contributed by atoms with van der Waals surface area (Å²) in [5.41, 5.74) is 7.15. The lowest BCUT2D eigenvalue weighted by Gasteiger charge is -2.03. The second-order valence-electron chi connectivity index (χ2n) is 4.04. The Kier molecular flexibility index (Phi) is 4.28. The molecule has 0 bridgehead atoms. The fraction of sp³-hybridized carbons (Fsp3) is 0.333.